The second kappa shape index (κ2) is 7.02. The number of fused-ring (bicyclic) bond motifs is 1. The maximum Gasteiger partial charge on any atom is 0.162 e. The first-order valence-electron chi connectivity index (χ1n) is 6.67. The molecule has 0 unspecified atom stereocenters. The fraction of sp³-hybridized carbons (Fsp3) is 0.333. The quantitative estimate of drug-likeness (QED) is 0.654. The van der Waals surface area contributed by atoms with Crippen molar-refractivity contribution in [2.75, 3.05) is 25.5 Å². The van der Waals surface area contributed by atoms with E-state index >= 15 is 0 Å². The van der Waals surface area contributed by atoms with E-state index in [1.807, 2.05) is 17.8 Å². The minimum absolute atomic E-state index is 0.642. The molecule has 0 fully saturated rings. The van der Waals surface area contributed by atoms with Crippen molar-refractivity contribution >= 4 is 23.1 Å². The molecule has 0 bridgehead atoms. The molecule has 106 valence electrons. The van der Waals surface area contributed by atoms with Gasteiger partial charge >= 0.3 is 0 Å². The first-order chi connectivity index (χ1) is 9.92. The summed E-state index contributed by atoms with van der Waals surface area (Å²) >= 11 is 3.63. The average Bonchev–Trinajstić information content (AvgIpc) is 3.00. The van der Waals surface area contributed by atoms with E-state index in [0.29, 0.717) is 13.2 Å². The van der Waals surface area contributed by atoms with E-state index in [-0.39, 0.29) is 0 Å². The number of thioether (sulfide) groups is 1. The van der Waals surface area contributed by atoms with Crippen LogP contribution in [0.5, 0.6) is 11.5 Å². The molecule has 0 saturated heterocycles. The monoisotopic (exact) mass is 307 g/mol. The minimum atomic E-state index is 0.642. The van der Waals surface area contributed by atoms with Crippen molar-refractivity contribution in [2.24, 2.45) is 0 Å². The molecule has 1 aromatic heterocycles. The van der Waals surface area contributed by atoms with Gasteiger partial charge in [-0.1, -0.05) is 6.07 Å². The molecule has 3 rings (SSSR count). The van der Waals surface area contributed by atoms with Crippen molar-refractivity contribution in [1.29, 1.82) is 0 Å². The fourth-order valence-corrected chi connectivity index (χ4v) is 3.49. The lowest BCUT2D eigenvalue weighted by Crippen LogP contribution is -2.16. The molecule has 0 spiro atoms. The Morgan fingerprint density at radius 2 is 2.05 bits per heavy atom. The third-order valence-corrected chi connectivity index (χ3v) is 4.81. The van der Waals surface area contributed by atoms with E-state index in [1.165, 1.54) is 9.77 Å². The summed E-state index contributed by atoms with van der Waals surface area (Å²) in [5.41, 5.74) is 0. The van der Waals surface area contributed by atoms with Gasteiger partial charge in [0.2, 0.25) is 0 Å². The summed E-state index contributed by atoms with van der Waals surface area (Å²) < 4.78 is 11.1. The van der Waals surface area contributed by atoms with Crippen LogP contribution >= 0.6 is 23.1 Å². The van der Waals surface area contributed by atoms with Gasteiger partial charge < -0.3 is 14.8 Å². The van der Waals surface area contributed by atoms with Gasteiger partial charge in [-0.3, -0.25) is 0 Å². The average molecular weight is 307 g/mol. The number of thiophene rings is 1. The zero-order chi connectivity index (χ0) is 13.6. The summed E-state index contributed by atoms with van der Waals surface area (Å²) in [4.78, 5) is 2.61. The van der Waals surface area contributed by atoms with Crippen LogP contribution in [0.25, 0.3) is 0 Å². The van der Waals surface area contributed by atoms with Crippen LogP contribution in [-0.2, 0) is 6.54 Å². The van der Waals surface area contributed by atoms with Gasteiger partial charge in [0.1, 0.15) is 13.2 Å². The predicted molar refractivity (Wildman–Crippen MR) is 84.2 cm³/mol. The highest BCUT2D eigenvalue weighted by Crippen LogP contribution is 2.33. The van der Waals surface area contributed by atoms with Crippen LogP contribution in [0, 0.1) is 0 Å². The van der Waals surface area contributed by atoms with Gasteiger partial charge in [-0.2, -0.15) is 0 Å². The van der Waals surface area contributed by atoms with E-state index in [4.69, 9.17) is 9.47 Å². The number of benzene rings is 1. The summed E-state index contributed by atoms with van der Waals surface area (Å²) in [6.45, 7) is 3.24. The van der Waals surface area contributed by atoms with Crippen LogP contribution < -0.4 is 14.8 Å². The maximum atomic E-state index is 5.59. The van der Waals surface area contributed by atoms with Gasteiger partial charge in [-0.05, 0) is 29.6 Å². The Morgan fingerprint density at radius 1 is 1.15 bits per heavy atom. The van der Waals surface area contributed by atoms with Gasteiger partial charge in [-0.15, -0.1) is 23.1 Å². The number of hydrogen-bond donors (Lipinski definition) is 1. The Labute approximate surface area is 127 Å². The SMILES string of the molecule is c1csc(CNCCSc2ccc3c(c2)OCCO3)c1. The number of rotatable bonds is 6. The normalized spacial score (nSPS) is 13.4. The molecule has 0 atom stereocenters. The molecule has 3 nitrogen and oxygen atoms in total. The van der Waals surface area contributed by atoms with Crippen LogP contribution in [0.15, 0.2) is 40.6 Å². The number of ether oxygens (including phenoxy) is 2. The second-order valence-electron chi connectivity index (χ2n) is 4.41. The third-order valence-electron chi connectivity index (χ3n) is 2.94. The highest BCUT2D eigenvalue weighted by atomic mass is 32.2. The minimum Gasteiger partial charge on any atom is -0.486 e. The van der Waals surface area contributed by atoms with Gasteiger partial charge in [0.05, 0.1) is 0 Å². The van der Waals surface area contributed by atoms with Crippen LogP contribution in [-0.4, -0.2) is 25.5 Å². The first kappa shape index (κ1) is 13.8. The van der Waals surface area contributed by atoms with Crippen LogP contribution in [0.3, 0.4) is 0 Å². The summed E-state index contributed by atoms with van der Waals surface area (Å²) in [6, 6.07) is 10.4. The van der Waals surface area contributed by atoms with Crippen molar-refractivity contribution in [2.45, 2.75) is 11.4 Å². The molecule has 2 aromatic rings. The summed E-state index contributed by atoms with van der Waals surface area (Å²) in [5, 5.41) is 5.57. The standard InChI is InChI=1S/C15H17NO2S2/c1-2-13(19-8-1)11-16-5-9-20-12-3-4-14-15(10-12)18-7-6-17-14/h1-4,8,10,16H,5-7,9,11H2. The fourth-order valence-electron chi connectivity index (χ4n) is 1.98. The molecule has 20 heavy (non-hydrogen) atoms. The van der Waals surface area contributed by atoms with Crippen molar-refractivity contribution in [3.05, 3.63) is 40.6 Å². The summed E-state index contributed by atoms with van der Waals surface area (Å²) in [5.74, 6) is 2.77. The van der Waals surface area contributed by atoms with Crippen LogP contribution in [0.2, 0.25) is 0 Å². The predicted octanol–water partition coefficient (Wildman–Crippen LogP) is 3.40. The molecule has 1 N–H and O–H groups in total. The third kappa shape index (κ3) is 3.69. The van der Waals surface area contributed by atoms with E-state index in [2.05, 4.69) is 35.0 Å². The molecular weight excluding hydrogens is 290 g/mol. The lowest BCUT2D eigenvalue weighted by molar-refractivity contribution is 0.171. The zero-order valence-corrected chi connectivity index (χ0v) is 12.8. The molecule has 0 saturated carbocycles. The number of hydrogen-bond acceptors (Lipinski definition) is 5. The molecule has 1 aliphatic heterocycles. The molecule has 1 aromatic carbocycles. The van der Waals surface area contributed by atoms with E-state index < -0.39 is 0 Å². The Kier molecular flexibility index (Phi) is 4.84. The maximum absolute atomic E-state index is 5.59. The lowest BCUT2D eigenvalue weighted by atomic mass is 10.3. The van der Waals surface area contributed by atoms with Gasteiger partial charge in [-0.25, -0.2) is 0 Å². The van der Waals surface area contributed by atoms with Crippen molar-refractivity contribution < 1.29 is 9.47 Å². The highest BCUT2D eigenvalue weighted by molar-refractivity contribution is 7.99. The Bertz CT molecular complexity index is 543. The van der Waals surface area contributed by atoms with E-state index in [1.54, 1.807) is 11.3 Å². The zero-order valence-electron chi connectivity index (χ0n) is 11.1. The Balaban J connectivity index is 1.42. The Hall–Kier alpha value is -1.17. The lowest BCUT2D eigenvalue weighted by Gasteiger charge is -2.18. The smallest absolute Gasteiger partial charge is 0.162 e. The molecule has 0 amide bonds. The van der Waals surface area contributed by atoms with Gasteiger partial charge in [0.25, 0.3) is 0 Å². The largest absolute Gasteiger partial charge is 0.486 e. The highest BCUT2D eigenvalue weighted by Gasteiger charge is 2.11. The van der Waals surface area contributed by atoms with Gasteiger partial charge in [0, 0.05) is 28.6 Å². The van der Waals surface area contributed by atoms with Crippen molar-refractivity contribution in [3.8, 4) is 11.5 Å². The number of nitrogens with one attached hydrogen (secondary N) is 1. The van der Waals surface area contributed by atoms with Crippen molar-refractivity contribution in [3.63, 3.8) is 0 Å². The molecule has 1 aliphatic rings. The summed E-state index contributed by atoms with van der Waals surface area (Å²) in [7, 11) is 0. The van der Waals surface area contributed by atoms with E-state index in [9.17, 15) is 0 Å². The molecule has 0 aliphatic carbocycles. The van der Waals surface area contributed by atoms with Crippen LogP contribution in [0.4, 0.5) is 0 Å². The molecule has 2 heterocycles. The van der Waals surface area contributed by atoms with Gasteiger partial charge in [0.15, 0.2) is 11.5 Å². The van der Waals surface area contributed by atoms with Crippen molar-refractivity contribution in [1.82, 2.24) is 5.32 Å². The second-order valence-corrected chi connectivity index (χ2v) is 6.61. The van der Waals surface area contributed by atoms with Crippen LogP contribution in [0.1, 0.15) is 4.88 Å². The molecule has 5 heteroatoms. The molecular formula is C15H17NO2S2. The first-order valence-corrected chi connectivity index (χ1v) is 8.54. The summed E-state index contributed by atoms with van der Waals surface area (Å²) in [6.07, 6.45) is 0. The molecule has 0 radical (unpaired) electrons. The topological polar surface area (TPSA) is 30.5 Å². The van der Waals surface area contributed by atoms with E-state index in [0.717, 1.165) is 30.3 Å². The Morgan fingerprint density at radius 3 is 2.90 bits per heavy atom.